The average molecular weight is 370 g/mol. The number of hydrogen-bond acceptors (Lipinski definition) is 3. The molecule has 0 saturated carbocycles. The lowest BCUT2D eigenvalue weighted by Gasteiger charge is -2.07. The van der Waals surface area contributed by atoms with Gasteiger partial charge in [0.25, 0.3) is 10.0 Å². The Hall–Kier alpha value is -2.45. The number of para-hydroxylation sites is 1. The lowest BCUT2D eigenvalue weighted by molar-refractivity contribution is 0.551. The second kappa shape index (κ2) is 6.21. The van der Waals surface area contributed by atoms with Crippen molar-refractivity contribution in [3.05, 3.63) is 71.5 Å². The SMILES string of the molecule is O=S(=O)(Nc1cnn(-c2ccccc2Cl)c1)c1ccc(F)cc1F. The summed E-state index contributed by atoms with van der Waals surface area (Å²) in [7, 11) is -4.22. The molecule has 0 unspecified atom stereocenters. The second-order valence-electron chi connectivity index (χ2n) is 4.81. The molecule has 5 nitrogen and oxygen atoms in total. The number of nitrogens with zero attached hydrogens (tertiary/aromatic N) is 2. The van der Waals surface area contributed by atoms with Gasteiger partial charge in [0.05, 0.1) is 28.8 Å². The van der Waals surface area contributed by atoms with Crippen LogP contribution in [0, 0.1) is 11.6 Å². The summed E-state index contributed by atoms with van der Waals surface area (Å²) in [4.78, 5) is -0.658. The molecule has 2 aromatic carbocycles. The van der Waals surface area contributed by atoms with Gasteiger partial charge in [-0.1, -0.05) is 23.7 Å². The largest absolute Gasteiger partial charge is 0.276 e. The molecule has 1 heterocycles. The number of nitrogens with one attached hydrogen (secondary N) is 1. The summed E-state index contributed by atoms with van der Waals surface area (Å²) in [5, 5.41) is 4.44. The van der Waals surface area contributed by atoms with Gasteiger partial charge >= 0.3 is 0 Å². The van der Waals surface area contributed by atoms with Crippen molar-refractivity contribution in [2.24, 2.45) is 0 Å². The number of aromatic nitrogens is 2. The lowest BCUT2D eigenvalue weighted by Crippen LogP contribution is -2.14. The average Bonchev–Trinajstić information content (AvgIpc) is 2.94. The van der Waals surface area contributed by atoms with Crippen LogP contribution in [0.15, 0.2) is 59.8 Å². The molecule has 0 fully saturated rings. The van der Waals surface area contributed by atoms with Gasteiger partial charge in [-0.2, -0.15) is 5.10 Å². The van der Waals surface area contributed by atoms with Gasteiger partial charge in [0.15, 0.2) is 0 Å². The van der Waals surface area contributed by atoms with E-state index in [4.69, 9.17) is 11.6 Å². The van der Waals surface area contributed by atoms with E-state index in [1.807, 2.05) is 0 Å². The van der Waals surface area contributed by atoms with Crippen molar-refractivity contribution in [2.75, 3.05) is 4.72 Å². The second-order valence-corrected chi connectivity index (χ2v) is 6.86. The van der Waals surface area contributed by atoms with Crippen molar-refractivity contribution in [3.63, 3.8) is 0 Å². The standard InChI is InChI=1S/C15H10ClF2N3O2S/c16-12-3-1-2-4-14(12)21-9-11(8-19-21)20-24(22,23)15-6-5-10(17)7-13(15)18/h1-9,20H. The molecule has 3 rings (SSSR count). The van der Waals surface area contributed by atoms with E-state index in [1.165, 1.54) is 17.1 Å². The maximum Gasteiger partial charge on any atom is 0.264 e. The van der Waals surface area contributed by atoms with Gasteiger partial charge in [-0.3, -0.25) is 4.72 Å². The maximum absolute atomic E-state index is 13.7. The fraction of sp³-hybridized carbons (Fsp3) is 0. The lowest BCUT2D eigenvalue weighted by atomic mass is 10.3. The molecule has 0 aliphatic rings. The van der Waals surface area contributed by atoms with E-state index < -0.39 is 26.6 Å². The van der Waals surface area contributed by atoms with Crippen LogP contribution in [0.4, 0.5) is 14.5 Å². The van der Waals surface area contributed by atoms with E-state index in [0.717, 1.165) is 12.1 Å². The van der Waals surface area contributed by atoms with E-state index in [-0.39, 0.29) is 5.69 Å². The predicted molar refractivity (Wildman–Crippen MR) is 85.7 cm³/mol. The van der Waals surface area contributed by atoms with E-state index in [2.05, 4.69) is 9.82 Å². The van der Waals surface area contributed by atoms with Crippen LogP contribution in [-0.4, -0.2) is 18.2 Å². The third-order valence-corrected chi connectivity index (χ3v) is 4.85. The molecular weight excluding hydrogens is 360 g/mol. The first kappa shape index (κ1) is 16.4. The molecule has 0 spiro atoms. The quantitative estimate of drug-likeness (QED) is 0.764. The van der Waals surface area contributed by atoms with Crippen molar-refractivity contribution in [2.45, 2.75) is 4.90 Å². The fourth-order valence-electron chi connectivity index (χ4n) is 2.05. The van der Waals surface area contributed by atoms with Crippen LogP contribution >= 0.6 is 11.6 Å². The van der Waals surface area contributed by atoms with E-state index in [0.29, 0.717) is 16.8 Å². The molecule has 0 atom stereocenters. The number of halogens is 3. The minimum absolute atomic E-state index is 0.110. The fourth-order valence-corrected chi connectivity index (χ4v) is 3.36. The summed E-state index contributed by atoms with van der Waals surface area (Å²) in [6, 6.07) is 9.08. The molecule has 9 heteroatoms. The molecule has 0 bridgehead atoms. The highest BCUT2D eigenvalue weighted by molar-refractivity contribution is 7.92. The van der Waals surface area contributed by atoms with Crippen molar-refractivity contribution >= 4 is 27.3 Å². The van der Waals surface area contributed by atoms with Crippen molar-refractivity contribution in [1.82, 2.24) is 9.78 Å². The zero-order valence-electron chi connectivity index (χ0n) is 11.9. The van der Waals surface area contributed by atoms with Gasteiger partial charge in [0.2, 0.25) is 0 Å². The molecule has 0 aliphatic heterocycles. The Balaban J connectivity index is 1.90. The highest BCUT2D eigenvalue weighted by Crippen LogP contribution is 2.23. The minimum Gasteiger partial charge on any atom is -0.276 e. The van der Waals surface area contributed by atoms with Crippen LogP contribution in [0.5, 0.6) is 0 Å². The first-order valence-corrected chi connectivity index (χ1v) is 8.50. The summed E-state index contributed by atoms with van der Waals surface area (Å²) >= 11 is 6.05. The Labute approximate surface area is 141 Å². The highest BCUT2D eigenvalue weighted by Gasteiger charge is 2.20. The summed E-state index contributed by atoms with van der Waals surface area (Å²) in [6.07, 6.45) is 2.64. The topological polar surface area (TPSA) is 64.0 Å². The number of benzene rings is 2. The number of rotatable bonds is 4. The molecule has 3 aromatic rings. The van der Waals surface area contributed by atoms with E-state index in [9.17, 15) is 17.2 Å². The summed E-state index contributed by atoms with van der Waals surface area (Å²) in [6.45, 7) is 0. The predicted octanol–water partition coefficient (Wildman–Crippen LogP) is 3.60. The van der Waals surface area contributed by atoms with Crippen molar-refractivity contribution in [3.8, 4) is 5.69 Å². The van der Waals surface area contributed by atoms with Crippen LogP contribution in [0.2, 0.25) is 5.02 Å². The minimum atomic E-state index is -4.22. The van der Waals surface area contributed by atoms with Crippen LogP contribution in [0.3, 0.4) is 0 Å². The smallest absolute Gasteiger partial charge is 0.264 e. The maximum atomic E-state index is 13.7. The van der Waals surface area contributed by atoms with Gasteiger partial charge in [0, 0.05) is 6.07 Å². The van der Waals surface area contributed by atoms with Crippen LogP contribution in [0.25, 0.3) is 5.69 Å². The molecule has 1 N–H and O–H groups in total. The Morgan fingerprint density at radius 1 is 1.12 bits per heavy atom. The first-order valence-electron chi connectivity index (χ1n) is 6.64. The van der Waals surface area contributed by atoms with Gasteiger partial charge in [-0.15, -0.1) is 0 Å². The monoisotopic (exact) mass is 369 g/mol. The molecular formula is C15H10ClF2N3O2S. The third kappa shape index (κ3) is 3.24. The Morgan fingerprint density at radius 2 is 1.88 bits per heavy atom. The highest BCUT2D eigenvalue weighted by atomic mass is 35.5. The Bertz CT molecular complexity index is 1010. The first-order chi connectivity index (χ1) is 11.4. The normalized spacial score (nSPS) is 11.5. The molecule has 0 aliphatic carbocycles. The van der Waals surface area contributed by atoms with Crippen LogP contribution < -0.4 is 4.72 Å². The van der Waals surface area contributed by atoms with Crippen molar-refractivity contribution in [1.29, 1.82) is 0 Å². The molecule has 0 amide bonds. The summed E-state index contributed by atoms with van der Waals surface area (Å²) in [5.74, 6) is -2.04. The molecule has 24 heavy (non-hydrogen) atoms. The molecule has 0 saturated heterocycles. The molecule has 124 valence electrons. The third-order valence-electron chi connectivity index (χ3n) is 3.12. The van der Waals surface area contributed by atoms with Crippen LogP contribution in [0.1, 0.15) is 0 Å². The molecule has 0 radical (unpaired) electrons. The molecule has 1 aromatic heterocycles. The number of hydrogen-bond donors (Lipinski definition) is 1. The van der Waals surface area contributed by atoms with E-state index in [1.54, 1.807) is 24.3 Å². The zero-order valence-corrected chi connectivity index (χ0v) is 13.5. The zero-order chi connectivity index (χ0) is 17.3. The summed E-state index contributed by atoms with van der Waals surface area (Å²) < 4.78 is 54.6. The van der Waals surface area contributed by atoms with Gasteiger partial charge in [-0.05, 0) is 24.3 Å². The summed E-state index contributed by atoms with van der Waals surface area (Å²) in [5.41, 5.74) is 0.663. The number of anilines is 1. The van der Waals surface area contributed by atoms with Gasteiger partial charge in [0.1, 0.15) is 16.5 Å². The van der Waals surface area contributed by atoms with Gasteiger partial charge in [-0.25, -0.2) is 21.9 Å². The Kier molecular flexibility index (Phi) is 4.25. The van der Waals surface area contributed by atoms with Gasteiger partial charge < -0.3 is 0 Å². The van der Waals surface area contributed by atoms with Crippen LogP contribution in [-0.2, 0) is 10.0 Å². The van der Waals surface area contributed by atoms with E-state index >= 15 is 0 Å². The van der Waals surface area contributed by atoms with Crippen molar-refractivity contribution < 1.29 is 17.2 Å². The Morgan fingerprint density at radius 3 is 2.58 bits per heavy atom. The number of sulfonamides is 1.